The van der Waals surface area contributed by atoms with E-state index in [1.165, 1.54) is 18.2 Å². The molecule has 154 valence electrons. The number of fused-ring (bicyclic) bond motifs is 1. The second-order valence-corrected chi connectivity index (χ2v) is 7.77. The minimum absolute atomic E-state index is 0.0982. The van der Waals surface area contributed by atoms with Gasteiger partial charge in [0.1, 0.15) is 29.5 Å². The van der Waals surface area contributed by atoms with Crippen molar-refractivity contribution in [2.45, 2.75) is 32.3 Å². The summed E-state index contributed by atoms with van der Waals surface area (Å²) in [7, 11) is 0. The average Bonchev–Trinajstić information content (AvgIpc) is 2.77. The third-order valence-electron chi connectivity index (χ3n) is 5.73. The largest absolute Gasteiger partial charge is 0.486 e. The Labute approximate surface area is 174 Å². The van der Waals surface area contributed by atoms with E-state index in [1.54, 1.807) is 12.3 Å². The van der Waals surface area contributed by atoms with Crippen LogP contribution in [0.4, 0.5) is 14.5 Å². The van der Waals surface area contributed by atoms with E-state index in [2.05, 4.69) is 16.4 Å². The van der Waals surface area contributed by atoms with E-state index in [9.17, 15) is 8.78 Å². The van der Waals surface area contributed by atoms with Crippen molar-refractivity contribution in [1.82, 2.24) is 4.98 Å². The van der Waals surface area contributed by atoms with Gasteiger partial charge in [0.25, 0.3) is 0 Å². The van der Waals surface area contributed by atoms with Crippen LogP contribution in [-0.2, 0) is 6.61 Å². The quantitative estimate of drug-likeness (QED) is 0.558. The number of ether oxygens (including phenoxy) is 1. The molecule has 1 aliphatic carbocycles. The summed E-state index contributed by atoms with van der Waals surface area (Å²) in [5, 5.41) is 13.4. The van der Waals surface area contributed by atoms with Crippen LogP contribution in [-0.4, -0.2) is 11.5 Å². The van der Waals surface area contributed by atoms with E-state index in [1.807, 2.05) is 18.2 Å². The molecule has 1 saturated carbocycles. The number of hydrogen-bond donors (Lipinski definition) is 1. The summed E-state index contributed by atoms with van der Waals surface area (Å²) in [4.78, 5) is 4.51. The molecular formula is C24H23F2N3O. The fourth-order valence-corrected chi connectivity index (χ4v) is 3.92. The van der Waals surface area contributed by atoms with Gasteiger partial charge in [-0.05, 0) is 55.9 Å². The first-order valence-electron chi connectivity index (χ1n) is 10.2. The number of pyridine rings is 1. The summed E-state index contributed by atoms with van der Waals surface area (Å²) >= 11 is 0. The lowest BCUT2D eigenvalue weighted by atomic mass is 9.83. The average molecular weight is 407 g/mol. The van der Waals surface area contributed by atoms with Gasteiger partial charge in [0.2, 0.25) is 0 Å². The summed E-state index contributed by atoms with van der Waals surface area (Å²) in [5.41, 5.74) is 1.47. The van der Waals surface area contributed by atoms with Crippen LogP contribution >= 0.6 is 0 Å². The van der Waals surface area contributed by atoms with Crippen molar-refractivity contribution >= 4 is 16.6 Å². The number of hydrogen-bond acceptors (Lipinski definition) is 4. The second-order valence-electron chi connectivity index (χ2n) is 7.77. The van der Waals surface area contributed by atoms with Gasteiger partial charge in [-0.2, -0.15) is 5.26 Å². The number of rotatable bonds is 6. The molecule has 1 aliphatic rings. The Kier molecular flexibility index (Phi) is 6.08. The predicted octanol–water partition coefficient (Wildman–Crippen LogP) is 5.83. The lowest BCUT2D eigenvalue weighted by molar-refractivity contribution is 0.295. The van der Waals surface area contributed by atoms with E-state index in [-0.39, 0.29) is 18.1 Å². The number of para-hydroxylation sites is 1. The van der Waals surface area contributed by atoms with Gasteiger partial charge >= 0.3 is 0 Å². The molecular weight excluding hydrogens is 384 g/mol. The van der Waals surface area contributed by atoms with Gasteiger partial charge in [-0.3, -0.25) is 4.98 Å². The van der Waals surface area contributed by atoms with Crippen molar-refractivity contribution in [1.29, 1.82) is 5.26 Å². The number of nitrogens with one attached hydrogen (secondary N) is 1. The molecule has 1 aromatic heterocycles. The number of benzene rings is 2. The molecule has 30 heavy (non-hydrogen) atoms. The molecule has 6 heteroatoms. The minimum atomic E-state index is -0.626. The van der Waals surface area contributed by atoms with E-state index >= 15 is 0 Å². The Bertz CT molecular complexity index is 1050. The van der Waals surface area contributed by atoms with Gasteiger partial charge in [-0.15, -0.1) is 0 Å². The maximum atomic E-state index is 13.8. The maximum absolute atomic E-state index is 13.8. The molecule has 4 nitrogen and oxygen atoms in total. The first-order valence-corrected chi connectivity index (χ1v) is 10.2. The Morgan fingerprint density at radius 1 is 1.07 bits per heavy atom. The van der Waals surface area contributed by atoms with Crippen LogP contribution < -0.4 is 10.1 Å². The van der Waals surface area contributed by atoms with Gasteiger partial charge < -0.3 is 10.1 Å². The van der Waals surface area contributed by atoms with E-state index in [0.717, 1.165) is 43.3 Å². The van der Waals surface area contributed by atoms with E-state index in [4.69, 9.17) is 10.00 Å². The highest BCUT2D eigenvalue weighted by Crippen LogP contribution is 2.30. The van der Waals surface area contributed by atoms with Gasteiger partial charge in [0.15, 0.2) is 0 Å². The molecule has 0 bridgehead atoms. The smallest absolute Gasteiger partial charge is 0.146 e. The lowest BCUT2D eigenvalue weighted by Gasteiger charge is -2.25. The molecule has 0 amide bonds. The fraction of sp³-hybridized carbons (Fsp3) is 0.333. The van der Waals surface area contributed by atoms with Crippen molar-refractivity contribution in [2.24, 2.45) is 11.8 Å². The molecule has 1 fully saturated rings. The highest BCUT2D eigenvalue weighted by atomic mass is 19.1. The van der Waals surface area contributed by atoms with Crippen molar-refractivity contribution in [3.63, 3.8) is 0 Å². The molecule has 0 atom stereocenters. The van der Waals surface area contributed by atoms with Crippen LogP contribution in [0.25, 0.3) is 10.9 Å². The van der Waals surface area contributed by atoms with Crippen molar-refractivity contribution in [2.75, 3.05) is 11.9 Å². The molecule has 1 N–H and O–H groups in total. The normalized spacial score (nSPS) is 18.7. The molecule has 0 saturated heterocycles. The van der Waals surface area contributed by atoms with Crippen LogP contribution in [0.3, 0.4) is 0 Å². The first kappa shape index (κ1) is 20.1. The summed E-state index contributed by atoms with van der Waals surface area (Å²) in [6.07, 6.45) is 5.83. The second kappa shape index (κ2) is 9.08. The summed E-state index contributed by atoms with van der Waals surface area (Å²) in [6.45, 7) is 0.652. The fourth-order valence-electron chi connectivity index (χ4n) is 3.92. The zero-order chi connectivity index (χ0) is 20.9. The van der Waals surface area contributed by atoms with Crippen LogP contribution in [0.15, 0.2) is 48.7 Å². The number of nitriles is 1. The third-order valence-corrected chi connectivity index (χ3v) is 5.73. The Balaban J connectivity index is 1.42. The molecule has 4 rings (SSSR count). The minimum Gasteiger partial charge on any atom is -0.486 e. The van der Waals surface area contributed by atoms with Gasteiger partial charge in [-0.1, -0.05) is 18.2 Å². The highest BCUT2D eigenvalue weighted by Gasteiger charge is 2.20. The summed E-state index contributed by atoms with van der Waals surface area (Å²) in [6, 6.07) is 13.6. The zero-order valence-electron chi connectivity index (χ0n) is 16.6. The van der Waals surface area contributed by atoms with Gasteiger partial charge in [0, 0.05) is 17.8 Å². The van der Waals surface area contributed by atoms with Crippen LogP contribution in [0.1, 0.15) is 31.2 Å². The van der Waals surface area contributed by atoms with Gasteiger partial charge in [0.05, 0.1) is 23.5 Å². The summed E-state index contributed by atoms with van der Waals surface area (Å²) < 4.78 is 33.4. The maximum Gasteiger partial charge on any atom is 0.146 e. The van der Waals surface area contributed by atoms with Crippen LogP contribution in [0.2, 0.25) is 0 Å². The van der Waals surface area contributed by atoms with Crippen LogP contribution in [0, 0.1) is 34.8 Å². The molecule has 0 spiro atoms. The van der Waals surface area contributed by atoms with Crippen LogP contribution in [0.5, 0.6) is 5.75 Å². The molecule has 0 aliphatic heterocycles. The Morgan fingerprint density at radius 3 is 2.53 bits per heavy atom. The molecule has 3 aromatic rings. The Hall–Kier alpha value is -3.20. The van der Waals surface area contributed by atoms with E-state index in [0.29, 0.717) is 17.2 Å². The summed E-state index contributed by atoms with van der Waals surface area (Å²) in [5.74, 6) is 0.00368. The Morgan fingerprint density at radius 2 is 1.80 bits per heavy atom. The monoisotopic (exact) mass is 407 g/mol. The number of aromatic nitrogens is 1. The topological polar surface area (TPSA) is 57.9 Å². The van der Waals surface area contributed by atoms with Crippen molar-refractivity contribution in [3.8, 4) is 11.8 Å². The van der Waals surface area contributed by atoms with Crippen molar-refractivity contribution in [3.05, 3.63) is 65.9 Å². The zero-order valence-corrected chi connectivity index (χ0v) is 16.6. The SMILES string of the molecule is N#CC1CCC(CNc2cnc3c(OCc4c(F)cccc4F)cccc3c2)CC1. The highest BCUT2D eigenvalue weighted by molar-refractivity contribution is 5.86. The molecule has 1 heterocycles. The predicted molar refractivity (Wildman–Crippen MR) is 112 cm³/mol. The number of nitrogens with zero attached hydrogens (tertiary/aromatic N) is 2. The molecule has 0 unspecified atom stereocenters. The number of halogens is 2. The molecule has 0 radical (unpaired) electrons. The third kappa shape index (κ3) is 4.51. The van der Waals surface area contributed by atoms with Gasteiger partial charge in [-0.25, -0.2) is 8.78 Å². The standard InChI is InChI=1S/C24H23F2N3O/c25-21-4-2-5-22(26)20(21)15-30-23-6-1-3-18-11-19(14-29-24(18)23)28-13-17-9-7-16(12-27)8-10-17/h1-6,11,14,16-17,28H,7-10,13,15H2. The molecule has 2 aromatic carbocycles. The van der Waals surface area contributed by atoms with E-state index < -0.39 is 11.6 Å². The van der Waals surface area contributed by atoms with Crippen molar-refractivity contribution < 1.29 is 13.5 Å². The number of anilines is 1. The first-order chi connectivity index (χ1) is 14.6. The lowest BCUT2D eigenvalue weighted by Crippen LogP contribution is -2.20.